The lowest BCUT2D eigenvalue weighted by atomic mass is 9.92. The summed E-state index contributed by atoms with van der Waals surface area (Å²) in [4.78, 5) is 2.52. The van der Waals surface area contributed by atoms with E-state index in [4.69, 9.17) is 4.74 Å². The zero-order valence-corrected chi connectivity index (χ0v) is 12.0. The molecule has 1 N–H and O–H groups in total. The minimum Gasteiger partial charge on any atom is -0.377 e. The van der Waals surface area contributed by atoms with Gasteiger partial charge < -0.3 is 15.0 Å². The minimum atomic E-state index is 0.00783. The van der Waals surface area contributed by atoms with E-state index in [2.05, 4.69) is 35.3 Å². The van der Waals surface area contributed by atoms with Gasteiger partial charge in [0, 0.05) is 32.4 Å². The fourth-order valence-electron chi connectivity index (χ4n) is 3.39. The number of nitrogens with one attached hydrogen (secondary N) is 1. The monoisotopic (exact) mass is 260 g/mol. The number of benzene rings is 1. The predicted molar refractivity (Wildman–Crippen MR) is 78.7 cm³/mol. The summed E-state index contributed by atoms with van der Waals surface area (Å²) < 4.78 is 5.72. The van der Waals surface area contributed by atoms with E-state index in [0.29, 0.717) is 0 Å². The van der Waals surface area contributed by atoms with E-state index in [9.17, 15) is 0 Å². The number of ether oxygens (including phenoxy) is 1. The Morgan fingerprint density at radius 2 is 2.26 bits per heavy atom. The van der Waals surface area contributed by atoms with Crippen molar-refractivity contribution >= 4 is 5.69 Å². The SMILES string of the molecule is COC1(C)CCCN(c2cccc3c2CCNC3)C1. The van der Waals surface area contributed by atoms with Gasteiger partial charge in [-0.15, -0.1) is 0 Å². The molecule has 0 bridgehead atoms. The van der Waals surface area contributed by atoms with E-state index in [-0.39, 0.29) is 5.60 Å². The maximum atomic E-state index is 5.72. The molecule has 3 nitrogen and oxygen atoms in total. The largest absolute Gasteiger partial charge is 0.377 e. The first-order valence-corrected chi connectivity index (χ1v) is 7.33. The lowest BCUT2D eigenvalue weighted by Gasteiger charge is -2.42. The van der Waals surface area contributed by atoms with Crippen LogP contribution in [0.5, 0.6) is 0 Å². The number of hydrogen-bond donors (Lipinski definition) is 1. The molecule has 0 amide bonds. The first kappa shape index (κ1) is 12.9. The predicted octanol–water partition coefficient (Wildman–Crippen LogP) is 2.34. The second-order valence-electron chi connectivity index (χ2n) is 6.02. The number of nitrogens with zero attached hydrogens (tertiary/aromatic N) is 1. The summed E-state index contributed by atoms with van der Waals surface area (Å²) in [5.74, 6) is 0. The van der Waals surface area contributed by atoms with Crippen molar-refractivity contribution in [1.82, 2.24) is 5.32 Å². The van der Waals surface area contributed by atoms with Gasteiger partial charge in [0.2, 0.25) is 0 Å². The molecule has 1 aromatic carbocycles. The van der Waals surface area contributed by atoms with Crippen molar-refractivity contribution in [3.63, 3.8) is 0 Å². The molecule has 1 aromatic rings. The van der Waals surface area contributed by atoms with Crippen LogP contribution in [0.25, 0.3) is 0 Å². The molecular formula is C16H24N2O. The van der Waals surface area contributed by atoms with Gasteiger partial charge in [-0.2, -0.15) is 0 Å². The van der Waals surface area contributed by atoms with Crippen molar-refractivity contribution in [2.75, 3.05) is 31.6 Å². The van der Waals surface area contributed by atoms with Gasteiger partial charge in [0.25, 0.3) is 0 Å². The molecule has 0 spiro atoms. The molecule has 0 saturated carbocycles. The Hall–Kier alpha value is -1.06. The highest BCUT2D eigenvalue weighted by molar-refractivity contribution is 5.58. The molecule has 1 atom stereocenters. The van der Waals surface area contributed by atoms with Gasteiger partial charge in [-0.25, -0.2) is 0 Å². The van der Waals surface area contributed by atoms with Crippen LogP contribution in [0.4, 0.5) is 5.69 Å². The molecule has 19 heavy (non-hydrogen) atoms. The Morgan fingerprint density at radius 3 is 3.11 bits per heavy atom. The molecule has 3 rings (SSSR count). The number of piperidine rings is 1. The number of fused-ring (bicyclic) bond motifs is 1. The molecule has 104 valence electrons. The van der Waals surface area contributed by atoms with Crippen molar-refractivity contribution in [2.24, 2.45) is 0 Å². The lowest BCUT2D eigenvalue weighted by molar-refractivity contribution is -0.00468. The Morgan fingerprint density at radius 1 is 1.37 bits per heavy atom. The molecule has 0 aromatic heterocycles. The minimum absolute atomic E-state index is 0.00783. The van der Waals surface area contributed by atoms with Gasteiger partial charge in [0.1, 0.15) is 0 Å². The maximum absolute atomic E-state index is 5.72. The Kier molecular flexibility index (Phi) is 3.50. The summed E-state index contributed by atoms with van der Waals surface area (Å²) in [5, 5.41) is 3.46. The number of anilines is 1. The number of rotatable bonds is 2. The third kappa shape index (κ3) is 2.49. The third-order valence-electron chi connectivity index (χ3n) is 4.61. The second-order valence-corrected chi connectivity index (χ2v) is 6.02. The summed E-state index contributed by atoms with van der Waals surface area (Å²) in [7, 11) is 1.84. The van der Waals surface area contributed by atoms with Crippen LogP contribution in [-0.2, 0) is 17.7 Å². The van der Waals surface area contributed by atoms with E-state index in [0.717, 1.165) is 39.0 Å². The van der Waals surface area contributed by atoms with Crippen LogP contribution >= 0.6 is 0 Å². The zero-order chi connectivity index (χ0) is 13.3. The van der Waals surface area contributed by atoms with E-state index in [1.165, 1.54) is 17.7 Å². The molecule has 0 radical (unpaired) electrons. The first-order chi connectivity index (χ1) is 9.22. The van der Waals surface area contributed by atoms with Crippen LogP contribution in [-0.4, -0.2) is 32.3 Å². The van der Waals surface area contributed by atoms with Crippen molar-refractivity contribution < 1.29 is 4.74 Å². The molecule has 1 fully saturated rings. The van der Waals surface area contributed by atoms with Gasteiger partial charge in [0.05, 0.1) is 5.60 Å². The van der Waals surface area contributed by atoms with Gasteiger partial charge in [0.15, 0.2) is 0 Å². The van der Waals surface area contributed by atoms with Crippen LogP contribution in [0.1, 0.15) is 30.9 Å². The van der Waals surface area contributed by atoms with E-state index >= 15 is 0 Å². The Labute approximate surface area is 115 Å². The highest BCUT2D eigenvalue weighted by Gasteiger charge is 2.32. The molecule has 2 aliphatic heterocycles. The molecule has 2 aliphatic rings. The molecule has 0 aliphatic carbocycles. The molecule has 1 unspecified atom stereocenters. The standard InChI is InChI=1S/C16H24N2O/c1-16(19-2)8-4-10-18(12-16)15-6-3-5-13-11-17-9-7-14(13)15/h3,5-6,17H,4,7-12H2,1-2H3. The van der Waals surface area contributed by atoms with Gasteiger partial charge in [-0.3, -0.25) is 0 Å². The van der Waals surface area contributed by atoms with E-state index in [1.54, 1.807) is 5.56 Å². The average molecular weight is 260 g/mol. The molecule has 1 saturated heterocycles. The molecular weight excluding hydrogens is 236 g/mol. The van der Waals surface area contributed by atoms with Crippen LogP contribution in [0.3, 0.4) is 0 Å². The van der Waals surface area contributed by atoms with Crippen LogP contribution < -0.4 is 10.2 Å². The van der Waals surface area contributed by atoms with E-state index in [1.807, 2.05) is 7.11 Å². The quantitative estimate of drug-likeness (QED) is 0.883. The Balaban J connectivity index is 1.89. The normalized spacial score (nSPS) is 27.2. The van der Waals surface area contributed by atoms with Crippen LogP contribution in [0, 0.1) is 0 Å². The smallest absolute Gasteiger partial charge is 0.0825 e. The summed E-state index contributed by atoms with van der Waals surface area (Å²) in [6, 6.07) is 6.73. The number of hydrogen-bond acceptors (Lipinski definition) is 3. The van der Waals surface area contributed by atoms with Crippen molar-refractivity contribution in [2.45, 2.75) is 38.3 Å². The van der Waals surface area contributed by atoms with Crippen molar-refractivity contribution in [1.29, 1.82) is 0 Å². The lowest BCUT2D eigenvalue weighted by Crippen LogP contribution is -2.48. The topological polar surface area (TPSA) is 24.5 Å². The van der Waals surface area contributed by atoms with Crippen molar-refractivity contribution in [3.8, 4) is 0 Å². The van der Waals surface area contributed by atoms with Gasteiger partial charge in [-0.05, 0) is 49.9 Å². The fraction of sp³-hybridized carbons (Fsp3) is 0.625. The third-order valence-corrected chi connectivity index (χ3v) is 4.61. The Bertz CT molecular complexity index is 460. The zero-order valence-electron chi connectivity index (χ0n) is 12.0. The molecule has 3 heteroatoms. The highest BCUT2D eigenvalue weighted by Crippen LogP contribution is 2.32. The summed E-state index contributed by atoms with van der Waals surface area (Å²) in [5.41, 5.74) is 4.45. The van der Waals surface area contributed by atoms with E-state index < -0.39 is 0 Å². The highest BCUT2D eigenvalue weighted by atomic mass is 16.5. The first-order valence-electron chi connectivity index (χ1n) is 7.33. The fourth-order valence-corrected chi connectivity index (χ4v) is 3.39. The van der Waals surface area contributed by atoms with Gasteiger partial charge in [-0.1, -0.05) is 12.1 Å². The molecule has 2 heterocycles. The van der Waals surface area contributed by atoms with Gasteiger partial charge >= 0.3 is 0 Å². The average Bonchev–Trinajstić information content (AvgIpc) is 2.47. The summed E-state index contributed by atoms with van der Waals surface area (Å²) in [6.07, 6.45) is 3.52. The van der Waals surface area contributed by atoms with Crippen molar-refractivity contribution in [3.05, 3.63) is 29.3 Å². The summed E-state index contributed by atoms with van der Waals surface area (Å²) >= 11 is 0. The van der Waals surface area contributed by atoms with Crippen LogP contribution in [0.2, 0.25) is 0 Å². The maximum Gasteiger partial charge on any atom is 0.0825 e. The summed E-state index contributed by atoms with van der Waals surface area (Å²) in [6.45, 7) is 6.50. The number of methoxy groups -OCH3 is 1. The van der Waals surface area contributed by atoms with Crippen LogP contribution in [0.15, 0.2) is 18.2 Å². The second kappa shape index (κ2) is 5.14.